The number of Topliss-reactive ketones (excluding diaryl/α,β-unsaturated/α-hetero) is 1. The van der Waals surface area contributed by atoms with Crippen LogP contribution in [0, 0.1) is 11.6 Å². The Morgan fingerprint density at radius 2 is 1.92 bits per heavy atom. The van der Waals surface area contributed by atoms with E-state index in [0.29, 0.717) is 4.88 Å². The lowest BCUT2D eigenvalue weighted by Crippen LogP contribution is -2.26. The molecule has 0 saturated carbocycles. The minimum absolute atomic E-state index is 0.0644. The first-order valence-electron chi connectivity index (χ1n) is 6.93. The van der Waals surface area contributed by atoms with Crippen LogP contribution in [0.25, 0.3) is 0 Å². The van der Waals surface area contributed by atoms with Crippen LogP contribution in [0.4, 0.5) is 8.78 Å². The molecule has 0 fully saturated rings. The predicted molar refractivity (Wildman–Crippen MR) is 82.9 cm³/mol. The third kappa shape index (κ3) is 4.95. The highest BCUT2D eigenvalue weighted by atomic mass is 32.1. The number of carbonyl (C=O) groups excluding carboxylic acids is 3. The molecule has 0 aliphatic rings. The van der Waals surface area contributed by atoms with Gasteiger partial charge >= 0.3 is 5.97 Å². The number of ether oxygens (including phenoxy) is 1. The Hall–Kier alpha value is -2.61. The van der Waals surface area contributed by atoms with Crippen LogP contribution in [0.3, 0.4) is 0 Å². The van der Waals surface area contributed by atoms with E-state index >= 15 is 0 Å². The van der Waals surface area contributed by atoms with E-state index in [1.807, 2.05) is 0 Å². The zero-order valence-corrected chi connectivity index (χ0v) is 13.2. The molecule has 1 heterocycles. The highest BCUT2D eigenvalue weighted by Gasteiger charge is 2.13. The maximum absolute atomic E-state index is 13.0. The molecule has 8 heteroatoms. The maximum Gasteiger partial charge on any atom is 0.308 e. The number of ketones is 1. The second-order valence-corrected chi connectivity index (χ2v) is 5.64. The summed E-state index contributed by atoms with van der Waals surface area (Å²) < 4.78 is 30.5. The topological polar surface area (TPSA) is 72.5 Å². The molecule has 2 aromatic rings. The number of rotatable bonds is 7. The summed E-state index contributed by atoms with van der Waals surface area (Å²) in [4.78, 5) is 35.4. The van der Waals surface area contributed by atoms with Gasteiger partial charge in [-0.15, -0.1) is 11.3 Å². The number of nitrogens with one attached hydrogen (secondary N) is 1. The number of thiophene rings is 1. The molecule has 1 aromatic heterocycles. The molecule has 0 radical (unpaired) electrons. The number of benzene rings is 1. The first kappa shape index (κ1) is 17.7. The first-order chi connectivity index (χ1) is 11.5. The summed E-state index contributed by atoms with van der Waals surface area (Å²) in [6.45, 7) is -0.516. The predicted octanol–water partition coefficient (Wildman–Crippen LogP) is 2.57. The fourth-order valence-corrected chi connectivity index (χ4v) is 2.38. The van der Waals surface area contributed by atoms with Crippen LogP contribution in [0.1, 0.15) is 26.5 Å². The summed E-state index contributed by atoms with van der Waals surface area (Å²) in [7, 11) is 0. The van der Waals surface area contributed by atoms with Crippen molar-refractivity contribution in [2.75, 3.05) is 13.2 Å². The minimum atomic E-state index is -1.15. The Kier molecular flexibility index (Phi) is 6.14. The molecule has 0 bridgehead atoms. The lowest BCUT2D eigenvalue weighted by Gasteiger charge is -2.06. The van der Waals surface area contributed by atoms with Gasteiger partial charge in [0.05, 0.1) is 11.3 Å². The van der Waals surface area contributed by atoms with E-state index in [4.69, 9.17) is 4.74 Å². The zero-order chi connectivity index (χ0) is 17.5. The SMILES string of the molecule is O=C(CCNC(=O)c1cccs1)OCC(=O)c1ccc(F)c(F)c1. The molecular formula is C16H13F2NO4S. The van der Waals surface area contributed by atoms with Gasteiger partial charge in [0.15, 0.2) is 24.0 Å². The number of carbonyl (C=O) groups is 3. The third-order valence-electron chi connectivity index (χ3n) is 2.97. The van der Waals surface area contributed by atoms with Gasteiger partial charge in [-0.1, -0.05) is 6.07 Å². The second-order valence-electron chi connectivity index (χ2n) is 4.70. The Morgan fingerprint density at radius 3 is 2.58 bits per heavy atom. The number of halogens is 2. The molecular weight excluding hydrogens is 340 g/mol. The average Bonchev–Trinajstić information content (AvgIpc) is 3.09. The molecule has 0 atom stereocenters. The summed E-state index contributed by atoms with van der Waals surface area (Å²) >= 11 is 1.27. The molecule has 0 aliphatic heterocycles. The molecule has 1 N–H and O–H groups in total. The van der Waals surface area contributed by atoms with Crippen molar-refractivity contribution in [1.82, 2.24) is 5.32 Å². The van der Waals surface area contributed by atoms with Crippen molar-refractivity contribution in [3.8, 4) is 0 Å². The number of esters is 1. The normalized spacial score (nSPS) is 10.2. The Morgan fingerprint density at radius 1 is 1.12 bits per heavy atom. The van der Waals surface area contributed by atoms with Crippen LogP contribution >= 0.6 is 11.3 Å². The highest BCUT2D eigenvalue weighted by Crippen LogP contribution is 2.10. The molecule has 0 saturated heterocycles. The van der Waals surface area contributed by atoms with Crippen LogP contribution in [-0.2, 0) is 9.53 Å². The van der Waals surface area contributed by atoms with Crippen LogP contribution in [-0.4, -0.2) is 30.8 Å². The van der Waals surface area contributed by atoms with Gasteiger partial charge in [0, 0.05) is 12.1 Å². The fourth-order valence-electron chi connectivity index (χ4n) is 1.74. The van der Waals surface area contributed by atoms with Gasteiger partial charge in [-0.05, 0) is 29.6 Å². The van der Waals surface area contributed by atoms with Gasteiger partial charge in [0.25, 0.3) is 5.91 Å². The molecule has 1 aromatic carbocycles. The third-order valence-corrected chi connectivity index (χ3v) is 3.83. The quantitative estimate of drug-likeness (QED) is 0.613. The standard InChI is InChI=1S/C16H13F2NO4S/c17-11-4-3-10(8-12(11)18)13(20)9-23-15(21)5-6-19-16(22)14-2-1-7-24-14/h1-4,7-8H,5-6,9H2,(H,19,22). The number of hydrogen-bond acceptors (Lipinski definition) is 5. The molecule has 0 aliphatic carbocycles. The molecule has 5 nitrogen and oxygen atoms in total. The van der Waals surface area contributed by atoms with Crippen LogP contribution in [0.2, 0.25) is 0 Å². The second kappa shape index (κ2) is 8.30. The lowest BCUT2D eigenvalue weighted by atomic mass is 10.1. The summed E-state index contributed by atoms with van der Waals surface area (Å²) in [5, 5.41) is 4.30. The molecule has 2 rings (SSSR count). The molecule has 126 valence electrons. The van der Waals surface area contributed by atoms with Gasteiger partial charge in [-0.2, -0.15) is 0 Å². The van der Waals surface area contributed by atoms with E-state index in [9.17, 15) is 23.2 Å². The van der Waals surface area contributed by atoms with Crippen molar-refractivity contribution >= 4 is 29.0 Å². The molecule has 1 amide bonds. The Bertz CT molecular complexity index is 747. The molecule has 0 unspecified atom stereocenters. The van der Waals surface area contributed by atoms with Crippen LogP contribution in [0.15, 0.2) is 35.7 Å². The van der Waals surface area contributed by atoms with Crippen molar-refractivity contribution in [3.05, 3.63) is 57.8 Å². The van der Waals surface area contributed by atoms with Gasteiger partial charge in [0.1, 0.15) is 0 Å². The van der Waals surface area contributed by atoms with Gasteiger partial charge in [0.2, 0.25) is 0 Å². The minimum Gasteiger partial charge on any atom is -0.457 e. The maximum atomic E-state index is 13.0. The van der Waals surface area contributed by atoms with Gasteiger partial charge in [-0.3, -0.25) is 14.4 Å². The average molecular weight is 353 g/mol. The summed E-state index contributed by atoms with van der Waals surface area (Å²) in [5.41, 5.74) is -0.0901. The fraction of sp³-hybridized carbons (Fsp3) is 0.188. The van der Waals surface area contributed by atoms with Crippen molar-refractivity contribution in [3.63, 3.8) is 0 Å². The number of hydrogen-bond donors (Lipinski definition) is 1. The lowest BCUT2D eigenvalue weighted by molar-refractivity contribution is -0.142. The largest absolute Gasteiger partial charge is 0.457 e. The van der Waals surface area contributed by atoms with E-state index in [1.165, 1.54) is 11.3 Å². The van der Waals surface area contributed by atoms with Crippen LogP contribution in [0.5, 0.6) is 0 Å². The molecule has 0 spiro atoms. The van der Waals surface area contributed by atoms with Gasteiger partial charge in [-0.25, -0.2) is 8.78 Å². The van der Waals surface area contributed by atoms with Crippen LogP contribution < -0.4 is 5.32 Å². The molecule has 24 heavy (non-hydrogen) atoms. The van der Waals surface area contributed by atoms with Crippen molar-refractivity contribution in [2.24, 2.45) is 0 Å². The smallest absolute Gasteiger partial charge is 0.308 e. The monoisotopic (exact) mass is 353 g/mol. The van der Waals surface area contributed by atoms with E-state index < -0.39 is 30.0 Å². The Balaban J connectivity index is 1.71. The highest BCUT2D eigenvalue weighted by molar-refractivity contribution is 7.12. The van der Waals surface area contributed by atoms with Crippen molar-refractivity contribution < 1.29 is 27.9 Å². The summed E-state index contributed by atoms with van der Waals surface area (Å²) in [6, 6.07) is 6.06. The zero-order valence-electron chi connectivity index (χ0n) is 12.4. The van der Waals surface area contributed by atoms with E-state index in [-0.39, 0.29) is 24.4 Å². The van der Waals surface area contributed by atoms with Gasteiger partial charge < -0.3 is 10.1 Å². The Labute approximate surface area is 140 Å². The van der Waals surface area contributed by atoms with E-state index in [0.717, 1.165) is 18.2 Å². The van der Waals surface area contributed by atoms with E-state index in [1.54, 1.807) is 17.5 Å². The first-order valence-corrected chi connectivity index (χ1v) is 7.81. The number of amides is 1. The summed E-state index contributed by atoms with van der Waals surface area (Å²) in [5.74, 6) is -3.84. The van der Waals surface area contributed by atoms with Crippen molar-refractivity contribution in [2.45, 2.75) is 6.42 Å². The summed E-state index contributed by atoms with van der Waals surface area (Å²) in [6.07, 6.45) is -0.109. The van der Waals surface area contributed by atoms with E-state index in [2.05, 4.69) is 5.32 Å². The van der Waals surface area contributed by atoms with Crippen molar-refractivity contribution in [1.29, 1.82) is 0 Å².